The summed E-state index contributed by atoms with van der Waals surface area (Å²) in [6, 6.07) is 0. The molecule has 0 bridgehead atoms. The fourth-order valence-electron chi connectivity index (χ4n) is 1.04. The van der Waals surface area contributed by atoms with Gasteiger partial charge in [-0.05, 0) is 18.2 Å². The Labute approximate surface area is 112 Å². The van der Waals surface area contributed by atoms with Gasteiger partial charge in [0.2, 0.25) is 9.05 Å². The maximum Gasteiger partial charge on any atom is 0.261 e. The van der Waals surface area contributed by atoms with Crippen molar-refractivity contribution < 1.29 is 16.8 Å². The molecule has 0 aromatic heterocycles. The second-order valence-corrected chi connectivity index (χ2v) is 9.67. The lowest BCUT2D eigenvalue weighted by Crippen LogP contribution is -2.35. The molecule has 0 aromatic rings. The first-order chi connectivity index (χ1) is 6.94. The van der Waals surface area contributed by atoms with Crippen LogP contribution in [0.2, 0.25) is 0 Å². The summed E-state index contributed by atoms with van der Waals surface area (Å²) in [6.45, 7) is 0. The van der Waals surface area contributed by atoms with Crippen LogP contribution in [0.3, 0.4) is 0 Å². The highest BCUT2D eigenvalue weighted by atomic mass is 35.7. The number of hydrogen-bond acceptors (Lipinski definition) is 4. The molecule has 4 nitrogen and oxygen atoms in total. The zero-order chi connectivity index (χ0) is 12.8. The highest BCUT2D eigenvalue weighted by Gasteiger charge is 2.43. The molecule has 0 saturated heterocycles. The monoisotopic (exact) mass is 344 g/mol. The summed E-state index contributed by atoms with van der Waals surface area (Å²) in [5, 5.41) is -1.58. The first-order valence-electron chi connectivity index (χ1n) is 3.61. The van der Waals surface area contributed by atoms with Crippen LogP contribution in [0.4, 0.5) is 0 Å². The molecule has 1 aliphatic carbocycles. The van der Waals surface area contributed by atoms with E-state index < -0.39 is 32.6 Å². The van der Waals surface area contributed by atoms with Crippen molar-refractivity contribution in [1.29, 1.82) is 0 Å². The van der Waals surface area contributed by atoms with Crippen molar-refractivity contribution in [3.8, 4) is 0 Å². The molecular weight excluding hydrogens is 342 g/mol. The van der Waals surface area contributed by atoms with Crippen LogP contribution >= 0.6 is 44.6 Å². The average Bonchev–Trinajstić information content (AvgIpc) is 1.98. The van der Waals surface area contributed by atoms with Gasteiger partial charge < -0.3 is 0 Å². The molecule has 1 atom stereocenters. The molecule has 1 aliphatic rings. The van der Waals surface area contributed by atoms with Crippen LogP contribution in [0.1, 0.15) is 0 Å². The molecule has 0 aliphatic heterocycles. The molecule has 0 spiro atoms. The molecule has 92 valence electrons. The minimum atomic E-state index is -4.17. The summed E-state index contributed by atoms with van der Waals surface area (Å²) < 4.78 is 42.5. The van der Waals surface area contributed by atoms with Crippen molar-refractivity contribution in [2.75, 3.05) is 0 Å². The van der Waals surface area contributed by atoms with E-state index in [1.54, 1.807) is 0 Å². The van der Waals surface area contributed by atoms with Crippen LogP contribution in [0.25, 0.3) is 0 Å². The van der Waals surface area contributed by atoms with E-state index in [1.807, 2.05) is 0 Å². The van der Waals surface area contributed by atoms with E-state index in [4.69, 9.17) is 44.6 Å². The van der Waals surface area contributed by atoms with Crippen LogP contribution in [0.15, 0.2) is 23.1 Å². The van der Waals surface area contributed by atoms with Crippen LogP contribution in [-0.4, -0.2) is 26.4 Å². The van der Waals surface area contributed by atoms with Gasteiger partial charge in [0.15, 0.2) is 4.33 Å². The second-order valence-electron chi connectivity index (χ2n) is 2.91. The normalized spacial score (nSPS) is 25.2. The molecule has 0 amide bonds. The zero-order valence-corrected chi connectivity index (χ0v) is 11.9. The van der Waals surface area contributed by atoms with Crippen LogP contribution in [0.5, 0.6) is 0 Å². The van der Waals surface area contributed by atoms with Gasteiger partial charge in [-0.2, -0.15) is 0 Å². The van der Waals surface area contributed by atoms with Gasteiger partial charge in [0.25, 0.3) is 9.05 Å². The fourth-order valence-corrected chi connectivity index (χ4v) is 4.53. The lowest BCUT2D eigenvalue weighted by atomic mass is 10.2. The molecule has 0 radical (unpaired) electrons. The second kappa shape index (κ2) is 4.33. The van der Waals surface area contributed by atoms with Gasteiger partial charge in [-0.15, -0.1) is 0 Å². The first-order valence-corrected chi connectivity index (χ1v) is 9.05. The SMILES string of the molecule is O=S(=O)(Cl)C1=CC(S(=O)(=O)Cl)C(Cl)(Cl)C=C1. The van der Waals surface area contributed by atoms with Gasteiger partial charge in [0.1, 0.15) is 5.25 Å². The smallest absolute Gasteiger partial charge is 0.211 e. The van der Waals surface area contributed by atoms with E-state index in [1.165, 1.54) is 0 Å². The van der Waals surface area contributed by atoms with Crippen molar-refractivity contribution in [2.24, 2.45) is 0 Å². The Bertz CT molecular complexity index is 557. The highest BCUT2D eigenvalue weighted by Crippen LogP contribution is 2.39. The van der Waals surface area contributed by atoms with Crippen molar-refractivity contribution in [1.82, 2.24) is 0 Å². The van der Waals surface area contributed by atoms with Gasteiger partial charge in [0.05, 0.1) is 4.91 Å². The van der Waals surface area contributed by atoms with Gasteiger partial charge in [-0.25, -0.2) is 16.8 Å². The Hall–Kier alpha value is 0.540. The molecular formula is C6H4Cl4O4S2. The van der Waals surface area contributed by atoms with Crippen molar-refractivity contribution >= 4 is 62.7 Å². The molecule has 10 heteroatoms. The Kier molecular flexibility index (Phi) is 3.95. The van der Waals surface area contributed by atoms with E-state index in [0.717, 1.165) is 18.2 Å². The maximum absolute atomic E-state index is 11.2. The first kappa shape index (κ1) is 14.6. The lowest BCUT2D eigenvalue weighted by molar-refractivity contribution is 0.600. The number of allylic oxidation sites excluding steroid dienone is 2. The molecule has 0 saturated carbocycles. The van der Waals surface area contributed by atoms with Crippen molar-refractivity contribution in [3.63, 3.8) is 0 Å². The van der Waals surface area contributed by atoms with Crippen molar-refractivity contribution in [2.45, 2.75) is 9.58 Å². The maximum atomic E-state index is 11.2. The zero-order valence-electron chi connectivity index (χ0n) is 7.27. The summed E-state index contributed by atoms with van der Waals surface area (Å²) >= 11 is 11.3. The molecule has 1 rings (SSSR count). The third-order valence-corrected chi connectivity index (χ3v) is 5.79. The number of halogens is 4. The van der Waals surface area contributed by atoms with E-state index >= 15 is 0 Å². The average molecular weight is 346 g/mol. The van der Waals surface area contributed by atoms with E-state index in [0.29, 0.717) is 0 Å². The molecule has 16 heavy (non-hydrogen) atoms. The van der Waals surface area contributed by atoms with Crippen LogP contribution in [-0.2, 0) is 18.1 Å². The number of rotatable bonds is 2. The van der Waals surface area contributed by atoms with Crippen LogP contribution in [0, 0.1) is 0 Å². The predicted molar refractivity (Wildman–Crippen MR) is 65.0 cm³/mol. The van der Waals surface area contributed by atoms with E-state index in [2.05, 4.69) is 0 Å². The van der Waals surface area contributed by atoms with E-state index in [9.17, 15) is 16.8 Å². The standard InChI is InChI=1S/C6H4Cl4O4S2/c7-6(8)2-1-4(15(9,11)12)3-5(6)16(10,13)14/h1-3,5H. The summed E-state index contributed by atoms with van der Waals surface area (Å²) in [6.07, 6.45) is 2.81. The van der Waals surface area contributed by atoms with Gasteiger partial charge in [-0.1, -0.05) is 23.2 Å². The fraction of sp³-hybridized carbons (Fsp3) is 0.333. The molecule has 0 aromatic carbocycles. The van der Waals surface area contributed by atoms with Gasteiger partial charge in [-0.3, -0.25) is 0 Å². The summed E-state index contributed by atoms with van der Waals surface area (Å²) in [5.74, 6) is 0. The van der Waals surface area contributed by atoms with Crippen molar-refractivity contribution in [3.05, 3.63) is 23.1 Å². The van der Waals surface area contributed by atoms with Gasteiger partial charge >= 0.3 is 0 Å². The molecule has 0 fully saturated rings. The minimum absolute atomic E-state index is 0.416. The van der Waals surface area contributed by atoms with Crippen LogP contribution < -0.4 is 0 Å². The molecule has 0 N–H and O–H groups in total. The summed E-state index contributed by atoms with van der Waals surface area (Å²) in [5.41, 5.74) is 0. The Morgan fingerprint density at radius 1 is 1.12 bits per heavy atom. The third kappa shape index (κ3) is 3.27. The number of hydrogen-bond donors (Lipinski definition) is 0. The quantitative estimate of drug-likeness (QED) is 0.567. The Morgan fingerprint density at radius 3 is 2.00 bits per heavy atom. The lowest BCUT2D eigenvalue weighted by Gasteiger charge is -2.25. The summed E-state index contributed by atoms with van der Waals surface area (Å²) in [4.78, 5) is -0.416. The predicted octanol–water partition coefficient (Wildman–Crippen LogP) is 2.12. The molecule has 0 heterocycles. The largest absolute Gasteiger partial charge is 0.261 e. The summed E-state index contributed by atoms with van der Waals surface area (Å²) in [7, 11) is 1.92. The van der Waals surface area contributed by atoms with Gasteiger partial charge in [0, 0.05) is 21.4 Å². The van der Waals surface area contributed by atoms with E-state index in [-0.39, 0.29) is 0 Å². The third-order valence-electron chi connectivity index (χ3n) is 1.75. The molecule has 1 unspecified atom stereocenters. The number of alkyl halides is 2. The topological polar surface area (TPSA) is 68.3 Å². The Morgan fingerprint density at radius 2 is 1.62 bits per heavy atom. The minimum Gasteiger partial charge on any atom is -0.211 e. The highest BCUT2D eigenvalue weighted by molar-refractivity contribution is 8.17. The Balaban J connectivity index is 3.37.